The van der Waals surface area contributed by atoms with Gasteiger partial charge >= 0.3 is 6.18 Å². The number of fused-ring (bicyclic) bond motifs is 14. The van der Waals surface area contributed by atoms with E-state index >= 15 is 13.2 Å². The van der Waals surface area contributed by atoms with Crippen molar-refractivity contribution < 1.29 is 22.0 Å². The van der Waals surface area contributed by atoms with E-state index in [9.17, 15) is 5.26 Å². The number of hydrogen-bond donors (Lipinski definition) is 0. The summed E-state index contributed by atoms with van der Waals surface area (Å²) in [5, 5.41) is 19.6. The molecule has 3 heterocycles. The fraction of sp³-hybridized carbons (Fsp3) is 0.118. The third-order valence-corrected chi connectivity index (χ3v) is 11.4. The van der Waals surface area contributed by atoms with E-state index in [4.69, 9.17) is 8.83 Å². The molecule has 0 radical (unpaired) electrons. The molecule has 1 unspecified atom stereocenters. The summed E-state index contributed by atoms with van der Waals surface area (Å²) in [6, 6.07) is 42.6. The van der Waals surface area contributed by atoms with Gasteiger partial charge in [-0.25, -0.2) is 0 Å². The Morgan fingerprint density at radius 2 is 1.26 bits per heavy atom. The summed E-state index contributed by atoms with van der Waals surface area (Å²) < 4.78 is 62.5. The Morgan fingerprint density at radius 1 is 0.655 bits per heavy atom. The fourth-order valence-corrected chi connectivity index (χ4v) is 8.91. The molecule has 7 heteroatoms. The Labute approximate surface area is 331 Å². The lowest BCUT2D eigenvalue weighted by molar-refractivity contribution is -0.0950. The van der Waals surface area contributed by atoms with Crippen LogP contribution in [0.4, 0.5) is 13.2 Å². The highest BCUT2D eigenvalue weighted by atomic mass is 19.4. The second kappa shape index (κ2) is 13.3. The second-order valence-corrected chi connectivity index (χ2v) is 15.3. The van der Waals surface area contributed by atoms with Gasteiger partial charge in [0.1, 0.15) is 27.9 Å². The summed E-state index contributed by atoms with van der Waals surface area (Å²) in [6.45, 7) is 3.91. The van der Waals surface area contributed by atoms with Crippen LogP contribution in [0.2, 0.25) is 0 Å². The van der Waals surface area contributed by atoms with Crippen LogP contribution in [0.25, 0.3) is 93.3 Å². The minimum Gasteiger partial charge on any atom is -0.456 e. The monoisotopic (exact) mass is 764 g/mol. The first-order chi connectivity index (χ1) is 28.1. The average Bonchev–Trinajstić information content (AvgIpc) is 3.91. The molecule has 7 aromatic carbocycles. The van der Waals surface area contributed by atoms with E-state index in [0.29, 0.717) is 44.3 Å². The molecule has 0 spiro atoms. The SMILES string of the molecule is CC(C)=C/C=C/CC(C#N)(C/C(=C/c1cc2ccccc2c2ccc3oc4ccccc4c3c12)C(F)(F)F)n1c2ccccc2c2ccc3oc4ccccc4c3c21. The van der Waals surface area contributed by atoms with Crippen LogP contribution in [0.15, 0.2) is 166 Å². The smallest absolute Gasteiger partial charge is 0.412 e. The lowest BCUT2D eigenvalue weighted by Crippen LogP contribution is -2.34. The number of alkyl halides is 3. The maximum atomic E-state index is 16.0. The number of nitriles is 1. The Kier molecular flexibility index (Phi) is 8.10. The minimum absolute atomic E-state index is 0.00424. The van der Waals surface area contributed by atoms with E-state index in [1.165, 1.54) is 6.08 Å². The number of furan rings is 2. The van der Waals surface area contributed by atoms with Crippen LogP contribution in [0.1, 0.15) is 32.3 Å². The summed E-state index contributed by atoms with van der Waals surface area (Å²) in [4.78, 5) is 0. The van der Waals surface area contributed by atoms with Crippen molar-refractivity contribution in [3.05, 3.63) is 162 Å². The molecule has 4 nitrogen and oxygen atoms in total. The zero-order chi connectivity index (χ0) is 39.8. The van der Waals surface area contributed by atoms with Crippen molar-refractivity contribution in [1.82, 2.24) is 4.57 Å². The first-order valence-corrected chi connectivity index (χ1v) is 19.2. The van der Waals surface area contributed by atoms with E-state index < -0.39 is 23.7 Å². The quantitative estimate of drug-likeness (QED) is 0.120. The Bertz CT molecular complexity index is 3430. The van der Waals surface area contributed by atoms with Crippen LogP contribution in [0.5, 0.6) is 0 Å². The molecule has 0 aliphatic carbocycles. The lowest BCUT2D eigenvalue weighted by Gasteiger charge is -2.31. The summed E-state index contributed by atoms with van der Waals surface area (Å²) >= 11 is 0. The van der Waals surface area contributed by atoms with Crippen molar-refractivity contribution >= 4 is 93.3 Å². The zero-order valence-corrected chi connectivity index (χ0v) is 31.7. The number of rotatable bonds is 7. The standard InChI is InChI=1S/C51H35F3N2O2/c1-31(2)13-11-12-26-50(30-55,56-41-19-8-5-16-36(41)38-23-25-45-48(49(38)56)40-18-7-10-21-43(40)58-45)29-34(51(52,53)54)28-33-27-32-14-3-4-15-35(32)37-22-24-44-47(46(33)37)39-17-6-9-20-42(39)57-44/h3-25,27-28H,26,29H2,1-2H3/b12-11+,34-28-. The largest absolute Gasteiger partial charge is 0.456 e. The van der Waals surface area contributed by atoms with Gasteiger partial charge in [-0.05, 0) is 90.2 Å². The molecule has 3 aromatic heterocycles. The van der Waals surface area contributed by atoms with Crippen LogP contribution in [0.3, 0.4) is 0 Å². The molecule has 0 aliphatic heterocycles. The molecule has 0 amide bonds. The van der Waals surface area contributed by atoms with E-state index in [0.717, 1.165) is 54.0 Å². The zero-order valence-electron chi connectivity index (χ0n) is 31.7. The van der Waals surface area contributed by atoms with Crippen molar-refractivity contribution in [2.45, 2.75) is 38.4 Å². The van der Waals surface area contributed by atoms with Crippen LogP contribution in [0, 0.1) is 11.3 Å². The van der Waals surface area contributed by atoms with Gasteiger partial charge in [-0.2, -0.15) is 18.4 Å². The van der Waals surface area contributed by atoms with Crippen LogP contribution < -0.4 is 0 Å². The Hall–Kier alpha value is -7.04. The molecule has 0 fully saturated rings. The summed E-state index contributed by atoms with van der Waals surface area (Å²) in [7, 11) is 0. The van der Waals surface area contributed by atoms with Crippen molar-refractivity contribution in [1.29, 1.82) is 5.26 Å². The number of para-hydroxylation sites is 3. The molecule has 10 aromatic rings. The molecule has 10 rings (SSSR count). The molecule has 0 saturated heterocycles. The molecular weight excluding hydrogens is 730 g/mol. The maximum Gasteiger partial charge on any atom is 0.412 e. The van der Waals surface area contributed by atoms with Gasteiger partial charge in [0.05, 0.1) is 22.5 Å². The Balaban J connectivity index is 1.30. The molecule has 58 heavy (non-hydrogen) atoms. The van der Waals surface area contributed by atoms with Gasteiger partial charge < -0.3 is 13.4 Å². The molecular formula is C51H35F3N2O2. The van der Waals surface area contributed by atoms with Gasteiger partial charge in [-0.15, -0.1) is 0 Å². The van der Waals surface area contributed by atoms with Crippen LogP contribution >= 0.6 is 0 Å². The topological polar surface area (TPSA) is 55.0 Å². The number of nitrogens with zero attached hydrogens (tertiary/aromatic N) is 2. The van der Waals surface area contributed by atoms with E-state index in [1.807, 2.05) is 164 Å². The second-order valence-electron chi connectivity index (χ2n) is 15.3. The van der Waals surface area contributed by atoms with Gasteiger partial charge in [0.25, 0.3) is 0 Å². The van der Waals surface area contributed by atoms with E-state index in [2.05, 4.69) is 6.07 Å². The van der Waals surface area contributed by atoms with Crippen molar-refractivity contribution in [2.24, 2.45) is 0 Å². The summed E-state index contributed by atoms with van der Waals surface area (Å²) in [6.07, 6.45) is 1.36. The molecule has 1 atom stereocenters. The minimum atomic E-state index is -4.80. The third kappa shape index (κ3) is 5.51. The third-order valence-electron chi connectivity index (χ3n) is 11.4. The first kappa shape index (κ1) is 35.4. The summed E-state index contributed by atoms with van der Waals surface area (Å²) in [5.74, 6) is 0. The van der Waals surface area contributed by atoms with Crippen molar-refractivity contribution in [2.75, 3.05) is 0 Å². The number of halogens is 3. The normalized spacial score (nSPS) is 13.9. The predicted molar refractivity (Wildman–Crippen MR) is 231 cm³/mol. The fourth-order valence-electron chi connectivity index (χ4n) is 8.91. The predicted octanol–water partition coefficient (Wildman–Crippen LogP) is 15.1. The average molecular weight is 765 g/mol. The van der Waals surface area contributed by atoms with Gasteiger partial charge in [-0.3, -0.25) is 0 Å². The number of allylic oxidation sites excluding steroid dienone is 5. The number of hydrogen-bond acceptors (Lipinski definition) is 3. The van der Waals surface area contributed by atoms with Crippen LogP contribution in [-0.4, -0.2) is 10.7 Å². The van der Waals surface area contributed by atoms with Crippen molar-refractivity contribution in [3.8, 4) is 6.07 Å². The van der Waals surface area contributed by atoms with E-state index in [-0.39, 0.29) is 6.42 Å². The molecule has 0 aliphatic rings. The highest BCUT2D eigenvalue weighted by Crippen LogP contribution is 2.47. The van der Waals surface area contributed by atoms with Gasteiger partial charge in [-0.1, -0.05) is 103 Å². The molecule has 0 saturated carbocycles. The number of benzene rings is 7. The van der Waals surface area contributed by atoms with Gasteiger partial charge in [0.2, 0.25) is 0 Å². The highest BCUT2D eigenvalue weighted by molar-refractivity contribution is 6.26. The molecule has 0 bridgehead atoms. The Morgan fingerprint density at radius 3 is 1.95 bits per heavy atom. The molecule has 0 N–H and O–H groups in total. The summed E-state index contributed by atoms with van der Waals surface area (Å²) in [5.41, 5.74) is 2.68. The first-order valence-electron chi connectivity index (χ1n) is 19.2. The van der Waals surface area contributed by atoms with Gasteiger partial charge in [0.15, 0.2) is 0 Å². The highest BCUT2D eigenvalue weighted by Gasteiger charge is 2.43. The lowest BCUT2D eigenvalue weighted by atomic mass is 9.85. The van der Waals surface area contributed by atoms with E-state index in [1.54, 1.807) is 0 Å². The number of aromatic nitrogens is 1. The van der Waals surface area contributed by atoms with Crippen molar-refractivity contribution in [3.63, 3.8) is 0 Å². The van der Waals surface area contributed by atoms with Crippen LogP contribution in [-0.2, 0) is 5.54 Å². The maximum absolute atomic E-state index is 16.0. The van der Waals surface area contributed by atoms with Gasteiger partial charge in [0, 0.05) is 50.7 Å². The molecule has 282 valence electrons.